The Morgan fingerprint density at radius 2 is 2.37 bits per heavy atom. The molecule has 2 N–H and O–H groups in total. The number of likely N-dealkylation sites (tertiary alicyclic amines) is 1. The summed E-state index contributed by atoms with van der Waals surface area (Å²) in [7, 11) is 3.69. The van der Waals surface area contributed by atoms with Gasteiger partial charge in [0, 0.05) is 24.7 Å². The van der Waals surface area contributed by atoms with Gasteiger partial charge in [-0.3, -0.25) is 4.90 Å². The highest BCUT2D eigenvalue weighted by Crippen LogP contribution is 2.48. The normalized spacial score (nSPS) is 28.5. The van der Waals surface area contributed by atoms with E-state index >= 15 is 0 Å². The highest BCUT2D eigenvalue weighted by atomic mass is 16.5. The third-order valence-electron chi connectivity index (χ3n) is 4.34. The molecule has 2 heterocycles. The van der Waals surface area contributed by atoms with Crippen LogP contribution in [-0.4, -0.2) is 37.8 Å². The summed E-state index contributed by atoms with van der Waals surface area (Å²) in [6.45, 7) is 3.35. The van der Waals surface area contributed by atoms with E-state index in [4.69, 9.17) is 4.74 Å². The summed E-state index contributed by atoms with van der Waals surface area (Å²) in [4.78, 5) is 13.6. The average Bonchev–Trinajstić information content (AvgIpc) is 2.84. The second-order valence-electron chi connectivity index (χ2n) is 5.54. The number of likely N-dealkylation sites (N-methyl/N-ethyl adjacent to an activating group) is 1. The first-order chi connectivity index (χ1) is 9.04. The Morgan fingerprint density at radius 1 is 1.58 bits per heavy atom. The van der Waals surface area contributed by atoms with E-state index in [1.54, 1.807) is 7.05 Å². The second kappa shape index (κ2) is 4.13. The van der Waals surface area contributed by atoms with Gasteiger partial charge in [-0.15, -0.1) is 0 Å². The lowest BCUT2D eigenvalue weighted by Gasteiger charge is -2.27. The van der Waals surface area contributed by atoms with Gasteiger partial charge in [-0.1, -0.05) is 6.92 Å². The fourth-order valence-electron chi connectivity index (χ4n) is 3.20. The molecule has 5 nitrogen and oxygen atoms in total. The summed E-state index contributed by atoms with van der Waals surface area (Å²) in [6.07, 6.45) is 1.01. The lowest BCUT2D eigenvalue weighted by molar-refractivity contribution is 0.203. The second-order valence-corrected chi connectivity index (χ2v) is 5.54. The molecule has 2 aliphatic heterocycles. The third-order valence-corrected chi connectivity index (χ3v) is 4.34. The van der Waals surface area contributed by atoms with Crippen LogP contribution in [0.1, 0.15) is 18.9 Å². The summed E-state index contributed by atoms with van der Waals surface area (Å²) >= 11 is 0. The van der Waals surface area contributed by atoms with Gasteiger partial charge in [-0.25, -0.2) is 4.79 Å². The van der Waals surface area contributed by atoms with Gasteiger partial charge in [0.2, 0.25) is 0 Å². The molecule has 1 aromatic carbocycles. The summed E-state index contributed by atoms with van der Waals surface area (Å²) in [5.74, 6) is 0.594. The molecule has 0 radical (unpaired) electrons. The van der Waals surface area contributed by atoms with E-state index in [1.807, 2.05) is 18.2 Å². The number of amides is 1. The number of carbonyl (C=O) groups is 1. The molecule has 0 aliphatic carbocycles. The molecule has 0 bridgehead atoms. The van der Waals surface area contributed by atoms with Crippen LogP contribution in [0, 0.1) is 0 Å². The van der Waals surface area contributed by atoms with Crippen LogP contribution in [-0.2, 0) is 5.41 Å². The first-order valence-corrected chi connectivity index (χ1v) is 6.55. The molecule has 1 unspecified atom stereocenters. The molecule has 3 rings (SSSR count). The maximum atomic E-state index is 11.3. The van der Waals surface area contributed by atoms with Crippen molar-refractivity contribution in [2.75, 3.05) is 26.0 Å². The minimum Gasteiger partial charge on any atom is -0.410 e. The van der Waals surface area contributed by atoms with E-state index in [1.165, 1.54) is 5.56 Å². The van der Waals surface area contributed by atoms with E-state index in [2.05, 4.69) is 29.5 Å². The number of anilines is 1. The van der Waals surface area contributed by atoms with Gasteiger partial charge in [0.1, 0.15) is 5.75 Å². The van der Waals surface area contributed by atoms with Crippen molar-refractivity contribution < 1.29 is 9.53 Å². The molecule has 0 saturated carbocycles. The fraction of sp³-hybridized carbons (Fsp3) is 0.500. The lowest BCUT2D eigenvalue weighted by Crippen LogP contribution is -2.39. The molecular formula is C14H19N3O2. The van der Waals surface area contributed by atoms with Gasteiger partial charge in [0.25, 0.3) is 0 Å². The van der Waals surface area contributed by atoms with Gasteiger partial charge in [0.05, 0.1) is 6.17 Å². The smallest absolute Gasteiger partial charge is 0.410 e. The Hall–Kier alpha value is -1.75. The highest BCUT2D eigenvalue weighted by molar-refractivity contribution is 5.71. The number of carbonyl (C=O) groups excluding carboxylic acids is 1. The number of benzene rings is 1. The molecule has 1 amide bonds. The van der Waals surface area contributed by atoms with Crippen LogP contribution in [0.5, 0.6) is 5.75 Å². The van der Waals surface area contributed by atoms with Gasteiger partial charge in [0.15, 0.2) is 0 Å². The van der Waals surface area contributed by atoms with Gasteiger partial charge in [-0.2, -0.15) is 0 Å². The minimum atomic E-state index is -0.434. The number of rotatable bonds is 1. The zero-order chi connectivity index (χ0) is 13.6. The minimum absolute atomic E-state index is 0.0894. The summed E-state index contributed by atoms with van der Waals surface area (Å²) in [5, 5.41) is 6.01. The predicted molar refractivity (Wildman–Crippen MR) is 73.5 cm³/mol. The third kappa shape index (κ3) is 1.76. The predicted octanol–water partition coefficient (Wildman–Crippen LogP) is 1.75. The van der Waals surface area contributed by atoms with E-state index in [9.17, 15) is 4.79 Å². The molecule has 19 heavy (non-hydrogen) atoms. The molecule has 2 aliphatic rings. The Bertz CT molecular complexity index is 531. The van der Waals surface area contributed by atoms with E-state index in [-0.39, 0.29) is 5.41 Å². The zero-order valence-corrected chi connectivity index (χ0v) is 11.5. The summed E-state index contributed by atoms with van der Waals surface area (Å²) in [6, 6.07) is 5.80. The number of fused-ring (bicyclic) bond motifs is 3. The molecule has 2 atom stereocenters. The Morgan fingerprint density at radius 3 is 3.11 bits per heavy atom. The van der Waals surface area contributed by atoms with Crippen molar-refractivity contribution in [3.8, 4) is 5.75 Å². The monoisotopic (exact) mass is 261 g/mol. The van der Waals surface area contributed by atoms with E-state index < -0.39 is 6.09 Å². The Kier molecular flexibility index (Phi) is 2.67. The van der Waals surface area contributed by atoms with Crippen molar-refractivity contribution in [2.24, 2.45) is 0 Å². The number of hydrogen-bond acceptors (Lipinski definition) is 4. The van der Waals surface area contributed by atoms with E-state index in [0.717, 1.165) is 18.7 Å². The number of ether oxygens (including phenoxy) is 1. The van der Waals surface area contributed by atoms with Crippen LogP contribution in [0.25, 0.3) is 0 Å². The molecule has 1 saturated heterocycles. The van der Waals surface area contributed by atoms with Crippen molar-refractivity contribution in [3.63, 3.8) is 0 Å². The largest absolute Gasteiger partial charge is 0.412 e. The Balaban J connectivity index is 1.94. The van der Waals surface area contributed by atoms with Crippen molar-refractivity contribution in [1.82, 2.24) is 10.2 Å². The van der Waals surface area contributed by atoms with Crippen LogP contribution in [0.2, 0.25) is 0 Å². The zero-order valence-electron chi connectivity index (χ0n) is 11.5. The van der Waals surface area contributed by atoms with Crippen LogP contribution in [0.4, 0.5) is 10.5 Å². The highest BCUT2D eigenvalue weighted by Gasteiger charge is 2.49. The number of nitrogens with one attached hydrogen (secondary N) is 2. The van der Waals surface area contributed by atoms with E-state index in [0.29, 0.717) is 11.9 Å². The molecule has 0 aromatic heterocycles. The van der Waals surface area contributed by atoms with Crippen molar-refractivity contribution in [2.45, 2.75) is 24.9 Å². The Labute approximate surface area is 112 Å². The summed E-state index contributed by atoms with van der Waals surface area (Å²) in [5.41, 5.74) is 2.47. The lowest BCUT2D eigenvalue weighted by atomic mass is 9.81. The SMILES string of the molecule is CNC(=O)Oc1ccc2c(c1)[C@]1(C)CCN(C)C1N2. The van der Waals surface area contributed by atoms with Crippen LogP contribution in [0.15, 0.2) is 18.2 Å². The molecular weight excluding hydrogens is 242 g/mol. The standard InChI is InChI=1S/C14H19N3O2/c1-14-6-7-17(3)12(14)16-11-5-4-9(8-10(11)14)19-13(18)15-2/h4-5,8,12,16H,6-7H2,1-3H3,(H,15,18)/t12?,14-/m0/s1. The van der Waals surface area contributed by atoms with Gasteiger partial charge < -0.3 is 15.4 Å². The van der Waals surface area contributed by atoms with Crippen molar-refractivity contribution in [3.05, 3.63) is 23.8 Å². The first kappa shape index (κ1) is 12.3. The molecule has 1 aromatic rings. The van der Waals surface area contributed by atoms with Crippen LogP contribution < -0.4 is 15.4 Å². The maximum Gasteiger partial charge on any atom is 0.412 e. The molecule has 102 valence electrons. The quantitative estimate of drug-likeness (QED) is 0.808. The fourth-order valence-corrected chi connectivity index (χ4v) is 3.20. The number of hydrogen-bond donors (Lipinski definition) is 2. The van der Waals surface area contributed by atoms with Gasteiger partial charge in [-0.05, 0) is 37.2 Å². The molecule has 1 fully saturated rings. The van der Waals surface area contributed by atoms with Crippen molar-refractivity contribution >= 4 is 11.8 Å². The average molecular weight is 261 g/mol. The molecule has 5 heteroatoms. The summed E-state index contributed by atoms with van der Waals surface area (Å²) < 4.78 is 5.22. The van der Waals surface area contributed by atoms with Crippen molar-refractivity contribution in [1.29, 1.82) is 0 Å². The van der Waals surface area contributed by atoms with Crippen LogP contribution in [0.3, 0.4) is 0 Å². The molecule has 0 spiro atoms. The van der Waals surface area contributed by atoms with Crippen LogP contribution >= 0.6 is 0 Å². The maximum absolute atomic E-state index is 11.3. The van der Waals surface area contributed by atoms with Gasteiger partial charge >= 0.3 is 6.09 Å². The number of nitrogens with zero attached hydrogens (tertiary/aromatic N) is 1. The first-order valence-electron chi connectivity index (χ1n) is 6.55. The topological polar surface area (TPSA) is 53.6 Å².